The molecule has 0 saturated carbocycles. The van der Waals surface area contributed by atoms with Gasteiger partial charge in [0, 0.05) is 32.7 Å². The van der Waals surface area contributed by atoms with Gasteiger partial charge in [-0.05, 0) is 31.4 Å². The van der Waals surface area contributed by atoms with Crippen molar-refractivity contribution < 1.29 is 18.8 Å². The number of hydrogen-bond donors (Lipinski definition) is 1. The molecule has 9 heteroatoms. The maximum atomic E-state index is 13.0. The number of imidazole rings is 1. The first-order chi connectivity index (χ1) is 13.7. The molecule has 0 unspecified atom stereocenters. The molecule has 4 rings (SSSR count). The van der Waals surface area contributed by atoms with Crippen LogP contribution >= 0.6 is 0 Å². The van der Waals surface area contributed by atoms with Gasteiger partial charge >= 0.3 is 0 Å². The Kier molecular flexibility index (Phi) is 5.14. The van der Waals surface area contributed by atoms with Crippen LogP contribution in [-0.2, 0) is 24.3 Å². The zero-order valence-electron chi connectivity index (χ0n) is 15.6. The van der Waals surface area contributed by atoms with Crippen molar-refractivity contribution in [3.63, 3.8) is 0 Å². The van der Waals surface area contributed by atoms with Gasteiger partial charge in [0.15, 0.2) is 5.82 Å². The van der Waals surface area contributed by atoms with E-state index < -0.39 is 0 Å². The Balaban J connectivity index is 1.54. The van der Waals surface area contributed by atoms with Crippen molar-refractivity contribution in [2.75, 3.05) is 26.2 Å². The molecule has 2 aliphatic rings. The van der Waals surface area contributed by atoms with E-state index in [1.165, 1.54) is 0 Å². The van der Waals surface area contributed by atoms with E-state index in [4.69, 9.17) is 4.42 Å². The van der Waals surface area contributed by atoms with Gasteiger partial charge in [0.25, 0.3) is 11.8 Å². The standard InChI is InChI=1S/C19H23N5O4/c25-13-22-7-9-23(10-8-22)19(27)17-21-16(15-5-1-2-6-24(15)17)18(26)20-12-14-4-3-11-28-14/h3-4,11,13H,1-2,5-10,12H2,(H,20,26). The lowest BCUT2D eigenvalue weighted by Crippen LogP contribution is -2.48. The number of amides is 3. The average molecular weight is 385 g/mol. The van der Waals surface area contributed by atoms with Gasteiger partial charge in [-0.1, -0.05) is 0 Å². The molecule has 2 aliphatic heterocycles. The second-order valence-electron chi connectivity index (χ2n) is 7.04. The van der Waals surface area contributed by atoms with Crippen molar-refractivity contribution in [1.82, 2.24) is 24.7 Å². The van der Waals surface area contributed by atoms with Crippen LogP contribution in [0.15, 0.2) is 22.8 Å². The maximum Gasteiger partial charge on any atom is 0.290 e. The van der Waals surface area contributed by atoms with Gasteiger partial charge in [-0.15, -0.1) is 0 Å². The van der Waals surface area contributed by atoms with Gasteiger partial charge in [0.2, 0.25) is 6.41 Å². The predicted molar refractivity (Wildman–Crippen MR) is 98.6 cm³/mol. The Bertz CT molecular complexity index is 865. The highest BCUT2D eigenvalue weighted by molar-refractivity contribution is 5.97. The zero-order chi connectivity index (χ0) is 19.5. The fraction of sp³-hybridized carbons (Fsp3) is 0.474. The van der Waals surface area contributed by atoms with E-state index in [1.54, 1.807) is 28.2 Å². The second kappa shape index (κ2) is 7.87. The molecule has 1 saturated heterocycles. The Labute approximate surface area is 162 Å². The number of carbonyl (C=O) groups excluding carboxylic acids is 3. The first-order valence-corrected chi connectivity index (χ1v) is 9.56. The molecule has 0 bridgehead atoms. The topological polar surface area (TPSA) is 101 Å². The quantitative estimate of drug-likeness (QED) is 0.762. The molecule has 0 atom stereocenters. The monoisotopic (exact) mass is 385 g/mol. The van der Waals surface area contributed by atoms with Gasteiger partial charge in [-0.25, -0.2) is 4.98 Å². The first kappa shape index (κ1) is 18.3. The zero-order valence-corrected chi connectivity index (χ0v) is 15.6. The summed E-state index contributed by atoms with van der Waals surface area (Å²) >= 11 is 0. The summed E-state index contributed by atoms with van der Waals surface area (Å²) in [7, 11) is 0. The number of carbonyl (C=O) groups is 3. The smallest absolute Gasteiger partial charge is 0.290 e. The highest BCUT2D eigenvalue weighted by Gasteiger charge is 2.31. The predicted octanol–water partition coefficient (Wildman–Crippen LogP) is 0.657. The largest absolute Gasteiger partial charge is 0.467 e. The third kappa shape index (κ3) is 3.51. The van der Waals surface area contributed by atoms with Crippen LogP contribution in [0.4, 0.5) is 0 Å². The Hall–Kier alpha value is -3.10. The van der Waals surface area contributed by atoms with E-state index in [1.807, 2.05) is 4.57 Å². The molecule has 4 heterocycles. The third-order valence-electron chi connectivity index (χ3n) is 5.28. The van der Waals surface area contributed by atoms with Crippen LogP contribution in [0, 0.1) is 0 Å². The summed E-state index contributed by atoms with van der Waals surface area (Å²) in [6, 6.07) is 3.55. The molecule has 0 aliphatic carbocycles. The van der Waals surface area contributed by atoms with Crippen LogP contribution in [0.25, 0.3) is 0 Å². The number of nitrogens with zero attached hydrogens (tertiary/aromatic N) is 4. The highest BCUT2D eigenvalue weighted by Crippen LogP contribution is 2.22. The van der Waals surface area contributed by atoms with Crippen LogP contribution in [0.3, 0.4) is 0 Å². The summed E-state index contributed by atoms with van der Waals surface area (Å²) < 4.78 is 7.13. The first-order valence-electron chi connectivity index (χ1n) is 9.56. The van der Waals surface area contributed by atoms with E-state index >= 15 is 0 Å². The molecule has 3 amide bonds. The Morgan fingerprint density at radius 2 is 2.00 bits per heavy atom. The van der Waals surface area contributed by atoms with Crippen molar-refractivity contribution in [2.24, 2.45) is 0 Å². The number of nitrogens with one attached hydrogen (secondary N) is 1. The fourth-order valence-corrected chi connectivity index (χ4v) is 3.72. The molecule has 0 aromatic carbocycles. The fourth-order valence-electron chi connectivity index (χ4n) is 3.72. The van der Waals surface area contributed by atoms with Gasteiger partial charge in [-0.3, -0.25) is 14.4 Å². The number of hydrogen-bond acceptors (Lipinski definition) is 5. The van der Waals surface area contributed by atoms with E-state index in [-0.39, 0.29) is 18.4 Å². The van der Waals surface area contributed by atoms with Crippen LogP contribution in [0.2, 0.25) is 0 Å². The number of aromatic nitrogens is 2. The molecule has 1 N–H and O–H groups in total. The lowest BCUT2D eigenvalue weighted by atomic mass is 10.1. The van der Waals surface area contributed by atoms with Crippen molar-refractivity contribution in [1.29, 1.82) is 0 Å². The Morgan fingerprint density at radius 3 is 2.71 bits per heavy atom. The summed E-state index contributed by atoms with van der Waals surface area (Å²) in [5, 5.41) is 2.82. The summed E-state index contributed by atoms with van der Waals surface area (Å²) in [6.45, 7) is 2.93. The Morgan fingerprint density at radius 1 is 1.18 bits per heavy atom. The van der Waals surface area contributed by atoms with Gasteiger partial charge in [0.1, 0.15) is 11.5 Å². The maximum absolute atomic E-state index is 13.0. The molecule has 2 aromatic rings. The molecule has 28 heavy (non-hydrogen) atoms. The lowest BCUT2D eigenvalue weighted by Gasteiger charge is -2.32. The molecular weight excluding hydrogens is 362 g/mol. The number of rotatable bonds is 5. The molecule has 9 nitrogen and oxygen atoms in total. The number of furan rings is 1. The van der Waals surface area contributed by atoms with E-state index in [9.17, 15) is 14.4 Å². The van der Waals surface area contributed by atoms with Crippen molar-refractivity contribution >= 4 is 18.2 Å². The van der Waals surface area contributed by atoms with Crippen molar-refractivity contribution in [3.05, 3.63) is 41.4 Å². The van der Waals surface area contributed by atoms with Crippen LogP contribution in [0.1, 0.15) is 45.4 Å². The van der Waals surface area contributed by atoms with Gasteiger partial charge < -0.3 is 24.1 Å². The van der Waals surface area contributed by atoms with Crippen LogP contribution in [-0.4, -0.2) is 63.8 Å². The molecule has 0 radical (unpaired) electrons. The minimum Gasteiger partial charge on any atom is -0.467 e. The molecule has 148 valence electrons. The number of piperazine rings is 1. The lowest BCUT2D eigenvalue weighted by molar-refractivity contribution is -0.119. The SMILES string of the molecule is O=CN1CCN(C(=O)c2nc(C(=O)NCc3ccco3)c3n2CCCC3)CC1. The molecule has 1 fully saturated rings. The van der Waals surface area contributed by atoms with Crippen LogP contribution in [0.5, 0.6) is 0 Å². The number of fused-ring (bicyclic) bond motifs is 1. The highest BCUT2D eigenvalue weighted by atomic mass is 16.3. The summed E-state index contributed by atoms with van der Waals surface area (Å²) in [4.78, 5) is 44.4. The van der Waals surface area contributed by atoms with E-state index in [2.05, 4.69) is 10.3 Å². The van der Waals surface area contributed by atoms with Crippen molar-refractivity contribution in [2.45, 2.75) is 32.4 Å². The van der Waals surface area contributed by atoms with Gasteiger partial charge in [0.05, 0.1) is 18.5 Å². The molecule has 0 spiro atoms. The summed E-state index contributed by atoms with van der Waals surface area (Å²) in [5.74, 6) is 0.494. The minimum absolute atomic E-state index is 0.182. The van der Waals surface area contributed by atoms with Crippen LogP contribution < -0.4 is 5.32 Å². The minimum atomic E-state index is -0.299. The molecular formula is C19H23N5O4. The normalized spacial score (nSPS) is 16.6. The average Bonchev–Trinajstić information content (AvgIpc) is 3.39. The van der Waals surface area contributed by atoms with Gasteiger partial charge in [-0.2, -0.15) is 0 Å². The third-order valence-corrected chi connectivity index (χ3v) is 5.28. The van der Waals surface area contributed by atoms with E-state index in [0.717, 1.165) is 31.4 Å². The molecule has 2 aromatic heterocycles. The summed E-state index contributed by atoms with van der Waals surface area (Å²) in [6.07, 6.45) is 5.01. The van der Waals surface area contributed by atoms with Crippen molar-refractivity contribution in [3.8, 4) is 0 Å². The van der Waals surface area contributed by atoms with E-state index in [0.29, 0.717) is 50.0 Å². The second-order valence-corrected chi connectivity index (χ2v) is 7.04. The summed E-state index contributed by atoms with van der Waals surface area (Å²) in [5.41, 5.74) is 1.14.